The van der Waals surface area contributed by atoms with Crippen molar-refractivity contribution in [3.63, 3.8) is 0 Å². The maximum atomic E-state index is 13.5. The molecule has 0 saturated heterocycles. The number of methoxy groups -OCH3 is 1. The number of aryl methyl sites for hydroxylation is 1. The zero-order valence-corrected chi connectivity index (χ0v) is 22.4. The Kier molecular flexibility index (Phi) is 9.92. The third kappa shape index (κ3) is 7.19. The first-order valence-electron chi connectivity index (χ1n) is 11.3. The number of aromatic nitrogens is 3. The number of nitrogens with one attached hydrogen (secondary N) is 2. The summed E-state index contributed by atoms with van der Waals surface area (Å²) in [5.74, 6) is -1.84. The molecule has 40 heavy (non-hydrogen) atoms. The topological polar surface area (TPSA) is 149 Å². The van der Waals surface area contributed by atoms with Gasteiger partial charge in [-0.3, -0.25) is 15.0 Å². The van der Waals surface area contributed by atoms with Gasteiger partial charge < -0.3 is 19.6 Å². The van der Waals surface area contributed by atoms with Crippen molar-refractivity contribution in [1.82, 2.24) is 25.2 Å². The number of rotatable bonds is 9. The molecule has 0 aliphatic rings. The quantitative estimate of drug-likeness (QED) is 0.289. The van der Waals surface area contributed by atoms with Crippen molar-refractivity contribution >= 4 is 41.4 Å². The molecule has 2 heterocycles. The van der Waals surface area contributed by atoms with Crippen LogP contribution in [0.25, 0.3) is 5.82 Å². The molecule has 2 aromatic heterocycles. The predicted molar refractivity (Wildman–Crippen MR) is 139 cm³/mol. The third-order valence-electron chi connectivity index (χ3n) is 5.08. The standard InChI is InChI=1S/C24H24ClF2N7O6/c1-13-8-14(11-29-39-4)9-15(22(35)32-33(2)24(37)38-3)20(13)30-23(36)17-10-19(40-12-18(26)27)31-34(17)21-16(25)6-5-7-28-21/h5-11,18H,12H2,1-4H3,(H,30,36)(H,32,35)/b29-11+. The molecule has 0 unspecified atom stereocenters. The Hall–Kier alpha value is -4.79. The van der Waals surface area contributed by atoms with Gasteiger partial charge in [0.1, 0.15) is 12.8 Å². The fourth-order valence-corrected chi connectivity index (χ4v) is 3.56. The van der Waals surface area contributed by atoms with E-state index in [2.05, 4.69) is 30.7 Å². The van der Waals surface area contributed by atoms with E-state index in [1.807, 2.05) is 0 Å². The van der Waals surface area contributed by atoms with Gasteiger partial charge in [-0.2, -0.15) is 0 Å². The fourth-order valence-electron chi connectivity index (χ4n) is 3.36. The van der Waals surface area contributed by atoms with Crippen molar-refractivity contribution in [3.05, 3.63) is 63.9 Å². The van der Waals surface area contributed by atoms with Gasteiger partial charge in [-0.25, -0.2) is 28.3 Å². The molecule has 0 atom stereocenters. The number of nitrogens with zero attached hydrogens (tertiary/aromatic N) is 5. The van der Waals surface area contributed by atoms with Gasteiger partial charge in [-0.05, 0) is 42.3 Å². The molecule has 16 heteroatoms. The number of hydrogen-bond acceptors (Lipinski definition) is 9. The number of carbonyl (C=O) groups is 3. The molecule has 0 bridgehead atoms. The first-order valence-corrected chi connectivity index (χ1v) is 11.7. The summed E-state index contributed by atoms with van der Waals surface area (Å²) < 4.78 is 36.1. The number of oxime groups is 1. The number of hydrazine groups is 1. The van der Waals surface area contributed by atoms with Gasteiger partial charge in [0.05, 0.1) is 29.6 Å². The average molecular weight is 580 g/mol. The summed E-state index contributed by atoms with van der Waals surface area (Å²) in [6.45, 7) is 0.653. The molecule has 3 amide bonds. The van der Waals surface area contributed by atoms with Gasteiger partial charge in [-0.1, -0.05) is 16.8 Å². The van der Waals surface area contributed by atoms with Crippen molar-refractivity contribution in [2.45, 2.75) is 13.3 Å². The van der Waals surface area contributed by atoms with Gasteiger partial charge >= 0.3 is 6.09 Å². The highest BCUT2D eigenvalue weighted by molar-refractivity contribution is 6.32. The van der Waals surface area contributed by atoms with Crippen molar-refractivity contribution in [2.75, 3.05) is 33.2 Å². The van der Waals surface area contributed by atoms with Gasteiger partial charge in [0.2, 0.25) is 5.88 Å². The zero-order chi connectivity index (χ0) is 29.4. The summed E-state index contributed by atoms with van der Waals surface area (Å²) in [7, 11) is 3.74. The molecule has 1 aromatic carbocycles. The summed E-state index contributed by atoms with van der Waals surface area (Å²) >= 11 is 6.24. The van der Waals surface area contributed by atoms with Crippen molar-refractivity contribution < 1.29 is 37.5 Å². The maximum absolute atomic E-state index is 13.5. The van der Waals surface area contributed by atoms with Crippen LogP contribution in [0.15, 0.2) is 41.7 Å². The minimum atomic E-state index is -2.78. The van der Waals surface area contributed by atoms with Crippen molar-refractivity contribution in [3.8, 4) is 11.7 Å². The minimum absolute atomic E-state index is 0.0294. The molecule has 0 spiro atoms. The van der Waals surface area contributed by atoms with E-state index in [1.54, 1.807) is 19.1 Å². The number of ether oxygens (including phenoxy) is 2. The second-order valence-electron chi connectivity index (χ2n) is 7.89. The van der Waals surface area contributed by atoms with Crippen LogP contribution in [0.5, 0.6) is 5.88 Å². The number of hydrogen-bond donors (Lipinski definition) is 2. The zero-order valence-electron chi connectivity index (χ0n) is 21.6. The normalized spacial score (nSPS) is 10.9. The van der Waals surface area contributed by atoms with Crippen LogP contribution in [-0.4, -0.2) is 78.2 Å². The molecule has 0 fully saturated rings. The Labute approximate surface area is 231 Å². The van der Waals surface area contributed by atoms with Crippen LogP contribution in [0.1, 0.15) is 32.0 Å². The molecule has 2 N–H and O–H groups in total. The molecule has 0 aliphatic heterocycles. The Bertz CT molecular complexity index is 1430. The van der Waals surface area contributed by atoms with Crippen LogP contribution in [0, 0.1) is 6.92 Å². The molecule has 3 rings (SSSR count). The van der Waals surface area contributed by atoms with E-state index in [0.29, 0.717) is 11.1 Å². The summed E-state index contributed by atoms with van der Waals surface area (Å²) in [4.78, 5) is 47.3. The number of halogens is 3. The Morgan fingerprint density at radius 2 is 1.98 bits per heavy atom. The van der Waals surface area contributed by atoms with E-state index >= 15 is 0 Å². The number of pyridine rings is 1. The molecule has 13 nitrogen and oxygen atoms in total. The van der Waals surface area contributed by atoms with Crippen LogP contribution in [-0.2, 0) is 9.57 Å². The molecule has 0 radical (unpaired) electrons. The highest BCUT2D eigenvalue weighted by Crippen LogP contribution is 2.26. The first-order chi connectivity index (χ1) is 19.0. The second kappa shape index (κ2) is 13.3. The lowest BCUT2D eigenvalue weighted by atomic mass is 10.0. The molecular weight excluding hydrogens is 556 g/mol. The molecule has 0 aliphatic carbocycles. The SMILES string of the molecule is CO/N=C/c1cc(C)c(NC(=O)c2cc(OCC(F)F)nn2-c2ncccc2Cl)c(C(=O)NN(C)C(=O)OC)c1. The van der Waals surface area contributed by atoms with E-state index in [0.717, 1.165) is 22.9 Å². The smallest absolute Gasteiger partial charge is 0.428 e. The largest absolute Gasteiger partial charge is 0.471 e. The van der Waals surface area contributed by atoms with Crippen LogP contribution in [0.4, 0.5) is 19.3 Å². The molecule has 212 valence electrons. The van der Waals surface area contributed by atoms with Crippen LogP contribution < -0.4 is 15.5 Å². The van der Waals surface area contributed by atoms with Gasteiger partial charge in [0.15, 0.2) is 12.4 Å². The van der Waals surface area contributed by atoms with Crippen molar-refractivity contribution in [1.29, 1.82) is 0 Å². The monoisotopic (exact) mass is 579 g/mol. The Morgan fingerprint density at radius 1 is 1.23 bits per heavy atom. The number of carbonyl (C=O) groups excluding carboxylic acids is 3. The van der Waals surface area contributed by atoms with E-state index in [9.17, 15) is 23.2 Å². The number of alkyl halides is 2. The lowest BCUT2D eigenvalue weighted by Crippen LogP contribution is -2.43. The van der Waals surface area contributed by atoms with Gasteiger partial charge in [0, 0.05) is 19.3 Å². The minimum Gasteiger partial charge on any atom is -0.471 e. The number of anilines is 1. The average Bonchev–Trinajstić information content (AvgIpc) is 3.35. The second-order valence-corrected chi connectivity index (χ2v) is 8.30. The highest BCUT2D eigenvalue weighted by atomic mass is 35.5. The Morgan fingerprint density at radius 3 is 2.62 bits per heavy atom. The van der Waals surface area contributed by atoms with Crippen LogP contribution >= 0.6 is 11.6 Å². The number of benzene rings is 1. The van der Waals surface area contributed by atoms with Gasteiger partial charge in [0.25, 0.3) is 18.2 Å². The summed E-state index contributed by atoms with van der Waals surface area (Å²) in [6, 6.07) is 7.19. The lowest BCUT2D eigenvalue weighted by Gasteiger charge is -2.19. The molecule has 3 aromatic rings. The van der Waals surface area contributed by atoms with Crippen LogP contribution in [0.2, 0.25) is 5.02 Å². The first kappa shape index (κ1) is 29.8. The third-order valence-corrected chi connectivity index (χ3v) is 5.38. The Balaban J connectivity index is 2.06. The van der Waals surface area contributed by atoms with E-state index < -0.39 is 30.9 Å². The predicted octanol–water partition coefficient (Wildman–Crippen LogP) is 3.45. The van der Waals surface area contributed by atoms with Crippen LogP contribution in [0.3, 0.4) is 0 Å². The summed E-state index contributed by atoms with van der Waals surface area (Å²) in [5.41, 5.74) is 3.03. The number of amides is 3. The molecule has 0 saturated carbocycles. The van der Waals surface area contributed by atoms with Crippen molar-refractivity contribution in [2.24, 2.45) is 5.16 Å². The highest BCUT2D eigenvalue weighted by Gasteiger charge is 2.25. The van der Waals surface area contributed by atoms with E-state index in [4.69, 9.17) is 21.2 Å². The lowest BCUT2D eigenvalue weighted by molar-refractivity contribution is 0.0767. The maximum Gasteiger partial charge on any atom is 0.428 e. The van der Waals surface area contributed by atoms with Gasteiger partial charge in [-0.15, -0.1) is 5.10 Å². The van der Waals surface area contributed by atoms with E-state index in [-0.39, 0.29) is 33.7 Å². The fraction of sp³-hybridized carbons (Fsp3) is 0.250. The molecular formula is C24H24ClF2N7O6. The summed E-state index contributed by atoms with van der Waals surface area (Å²) in [6.07, 6.45) is -0.896. The van der Waals surface area contributed by atoms with E-state index in [1.165, 1.54) is 38.7 Å². The summed E-state index contributed by atoms with van der Waals surface area (Å²) in [5, 5.41) is 11.3.